The van der Waals surface area contributed by atoms with Crippen molar-refractivity contribution in [2.45, 2.75) is 39.5 Å². The quantitative estimate of drug-likeness (QED) is 0.169. The summed E-state index contributed by atoms with van der Waals surface area (Å²) >= 11 is 1.35. The van der Waals surface area contributed by atoms with Gasteiger partial charge in [-0.2, -0.15) is 0 Å². The first-order valence-electron chi connectivity index (χ1n) is 13.2. The van der Waals surface area contributed by atoms with Crippen LogP contribution in [0.2, 0.25) is 0 Å². The van der Waals surface area contributed by atoms with Gasteiger partial charge in [0.1, 0.15) is 11.5 Å². The van der Waals surface area contributed by atoms with E-state index in [9.17, 15) is 9.59 Å². The number of nitrogens with one attached hydrogen (secondary N) is 2. The van der Waals surface area contributed by atoms with Gasteiger partial charge in [-0.3, -0.25) is 14.9 Å². The second-order valence-corrected chi connectivity index (χ2v) is 9.84. The van der Waals surface area contributed by atoms with E-state index in [1.165, 1.54) is 11.3 Å². The Kier molecular flexibility index (Phi) is 10.1. The van der Waals surface area contributed by atoms with Crippen LogP contribution in [-0.4, -0.2) is 30.0 Å². The minimum Gasteiger partial charge on any atom is -0.494 e. The van der Waals surface area contributed by atoms with Crippen LogP contribution in [0.3, 0.4) is 0 Å². The number of aromatic nitrogens is 1. The summed E-state index contributed by atoms with van der Waals surface area (Å²) in [6.07, 6.45) is 4.04. The predicted molar refractivity (Wildman–Crippen MR) is 157 cm³/mol. The first kappa shape index (κ1) is 27.9. The fourth-order valence-corrected chi connectivity index (χ4v) is 4.40. The average molecular weight is 544 g/mol. The number of anilines is 2. The van der Waals surface area contributed by atoms with Crippen molar-refractivity contribution in [3.05, 3.63) is 89.3 Å². The molecule has 0 spiro atoms. The highest BCUT2D eigenvalue weighted by Gasteiger charge is 2.12. The second kappa shape index (κ2) is 14.1. The average Bonchev–Trinajstić information content (AvgIpc) is 3.42. The number of benzene rings is 3. The molecular formula is C31H33N3O4S. The maximum Gasteiger partial charge on any atom is 0.257 e. The molecule has 0 saturated carbocycles. The molecule has 2 amide bonds. The Morgan fingerprint density at radius 2 is 1.33 bits per heavy atom. The molecule has 0 radical (unpaired) electrons. The van der Waals surface area contributed by atoms with Gasteiger partial charge in [0.2, 0.25) is 0 Å². The molecular weight excluding hydrogens is 510 g/mol. The molecule has 0 bridgehead atoms. The number of carbonyl (C=O) groups excluding carboxylic acids is 2. The lowest BCUT2D eigenvalue weighted by molar-refractivity contribution is 0.101. The van der Waals surface area contributed by atoms with Gasteiger partial charge >= 0.3 is 0 Å². The monoisotopic (exact) mass is 543 g/mol. The van der Waals surface area contributed by atoms with E-state index in [0.29, 0.717) is 46.7 Å². The Hall–Kier alpha value is -4.17. The smallest absolute Gasteiger partial charge is 0.257 e. The topological polar surface area (TPSA) is 89.6 Å². The Morgan fingerprint density at radius 1 is 0.769 bits per heavy atom. The van der Waals surface area contributed by atoms with E-state index in [1.54, 1.807) is 24.3 Å². The van der Waals surface area contributed by atoms with Crippen LogP contribution in [0, 0.1) is 0 Å². The molecule has 0 aliphatic rings. The summed E-state index contributed by atoms with van der Waals surface area (Å²) in [4.78, 5) is 30.0. The van der Waals surface area contributed by atoms with Crippen LogP contribution < -0.4 is 20.1 Å². The van der Waals surface area contributed by atoms with Gasteiger partial charge in [-0.15, -0.1) is 11.3 Å². The van der Waals surface area contributed by atoms with Crippen LogP contribution in [0.25, 0.3) is 11.3 Å². The number of hydrogen-bond donors (Lipinski definition) is 2. The number of carbonyl (C=O) groups is 2. The molecule has 0 fully saturated rings. The summed E-state index contributed by atoms with van der Waals surface area (Å²) in [6, 6.07) is 21.8. The Morgan fingerprint density at radius 3 is 1.90 bits per heavy atom. The summed E-state index contributed by atoms with van der Waals surface area (Å²) in [5, 5.41) is 8.18. The molecule has 0 unspecified atom stereocenters. The van der Waals surface area contributed by atoms with Crippen molar-refractivity contribution in [3.63, 3.8) is 0 Å². The Balaban J connectivity index is 1.34. The molecule has 0 atom stereocenters. The zero-order valence-electron chi connectivity index (χ0n) is 22.2. The van der Waals surface area contributed by atoms with Crippen molar-refractivity contribution in [1.29, 1.82) is 0 Å². The zero-order chi connectivity index (χ0) is 27.5. The number of hydrogen-bond acceptors (Lipinski definition) is 6. The van der Waals surface area contributed by atoms with Gasteiger partial charge < -0.3 is 14.8 Å². The summed E-state index contributed by atoms with van der Waals surface area (Å²) in [6.45, 7) is 5.47. The predicted octanol–water partition coefficient (Wildman–Crippen LogP) is 7.67. The third-order valence-electron chi connectivity index (χ3n) is 5.89. The van der Waals surface area contributed by atoms with E-state index >= 15 is 0 Å². The van der Waals surface area contributed by atoms with Crippen LogP contribution in [-0.2, 0) is 0 Å². The third-order valence-corrected chi connectivity index (χ3v) is 6.65. The van der Waals surface area contributed by atoms with E-state index < -0.39 is 0 Å². The van der Waals surface area contributed by atoms with Gasteiger partial charge in [0.25, 0.3) is 11.8 Å². The lowest BCUT2D eigenvalue weighted by Gasteiger charge is -2.09. The standard InChI is InChI=1S/C31H33N3O4S/c1-3-5-17-37-26-11-7-9-23(19-26)29(35)32-25-15-13-22(14-16-25)28-21-39-31(33-28)34-30(36)24-10-8-12-27(20-24)38-18-6-4-2/h7-16,19-21H,3-6,17-18H2,1-2H3,(H,32,35)(H,33,34,36). The molecule has 39 heavy (non-hydrogen) atoms. The molecule has 3 aromatic carbocycles. The van der Waals surface area contributed by atoms with Crippen LogP contribution in [0.4, 0.5) is 10.8 Å². The molecule has 1 heterocycles. The lowest BCUT2D eigenvalue weighted by atomic mass is 10.1. The van der Waals surface area contributed by atoms with Crippen molar-refractivity contribution in [3.8, 4) is 22.8 Å². The summed E-state index contributed by atoms with van der Waals surface area (Å²) in [5.74, 6) is 0.916. The van der Waals surface area contributed by atoms with Gasteiger partial charge in [0, 0.05) is 27.8 Å². The van der Waals surface area contributed by atoms with Gasteiger partial charge in [-0.1, -0.05) is 51.0 Å². The molecule has 4 rings (SSSR count). The highest BCUT2D eigenvalue weighted by Crippen LogP contribution is 2.27. The number of amides is 2. The molecule has 8 heteroatoms. The molecule has 1 aromatic heterocycles. The van der Waals surface area contributed by atoms with Crippen LogP contribution in [0.15, 0.2) is 78.2 Å². The van der Waals surface area contributed by atoms with Crippen molar-refractivity contribution < 1.29 is 19.1 Å². The summed E-state index contributed by atoms with van der Waals surface area (Å²) in [5.41, 5.74) is 3.33. The molecule has 0 saturated heterocycles. The lowest BCUT2D eigenvalue weighted by Crippen LogP contribution is -2.12. The highest BCUT2D eigenvalue weighted by atomic mass is 32.1. The van der Waals surface area contributed by atoms with Crippen LogP contribution >= 0.6 is 11.3 Å². The Labute approximate surface area is 233 Å². The molecule has 7 nitrogen and oxygen atoms in total. The SMILES string of the molecule is CCCCOc1cccc(C(=O)Nc2ccc(-c3csc(NC(=O)c4cccc(OCCCC)c4)n3)cc2)c1. The maximum absolute atomic E-state index is 12.7. The number of thiazole rings is 1. The first-order chi connectivity index (χ1) is 19.1. The number of rotatable bonds is 13. The third kappa shape index (κ3) is 8.15. The summed E-state index contributed by atoms with van der Waals surface area (Å²) in [7, 11) is 0. The number of nitrogens with zero attached hydrogens (tertiary/aromatic N) is 1. The van der Waals surface area contributed by atoms with E-state index in [-0.39, 0.29) is 11.8 Å². The fourth-order valence-electron chi connectivity index (χ4n) is 3.68. The van der Waals surface area contributed by atoms with Gasteiger partial charge in [0.05, 0.1) is 18.9 Å². The maximum atomic E-state index is 12.7. The van der Waals surface area contributed by atoms with Gasteiger partial charge in [0.15, 0.2) is 5.13 Å². The normalized spacial score (nSPS) is 10.6. The van der Waals surface area contributed by atoms with Crippen molar-refractivity contribution in [1.82, 2.24) is 4.98 Å². The summed E-state index contributed by atoms with van der Waals surface area (Å²) < 4.78 is 11.4. The van der Waals surface area contributed by atoms with Crippen molar-refractivity contribution in [2.24, 2.45) is 0 Å². The number of ether oxygens (including phenoxy) is 2. The van der Waals surface area contributed by atoms with Crippen molar-refractivity contribution in [2.75, 3.05) is 23.8 Å². The minimum atomic E-state index is -0.241. The highest BCUT2D eigenvalue weighted by molar-refractivity contribution is 7.14. The van der Waals surface area contributed by atoms with Crippen LogP contribution in [0.1, 0.15) is 60.2 Å². The first-order valence-corrected chi connectivity index (χ1v) is 14.1. The van der Waals surface area contributed by atoms with E-state index in [4.69, 9.17) is 9.47 Å². The van der Waals surface area contributed by atoms with Crippen LogP contribution in [0.5, 0.6) is 11.5 Å². The van der Waals surface area contributed by atoms with Gasteiger partial charge in [-0.25, -0.2) is 4.98 Å². The van der Waals surface area contributed by atoms with E-state index in [0.717, 1.165) is 36.9 Å². The van der Waals surface area contributed by atoms with Gasteiger partial charge in [-0.05, 0) is 61.4 Å². The molecule has 0 aliphatic heterocycles. The molecule has 0 aliphatic carbocycles. The fraction of sp³-hybridized carbons (Fsp3) is 0.258. The number of unbranched alkanes of at least 4 members (excludes halogenated alkanes) is 2. The van der Waals surface area contributed by atoms with E-state index in [2.05, 4.69) is 29.5 Å². The Bertz CT molecular complexity index is 1380. The molecule has 202 valence electrons. The molecule has 2 N–H and O–H groups in total. The second-order valence-electron chi connectivity index (χ2n) is 8.98. The molecule has 4 aromatic rings. The minimum absolute atomic E-state index is 0.206. The van der Waals surface area contributed by atoms with E-state index in [1.807, 2.05) is 53.9 Å². The largest absolute Gasteiger partial charge is 0.494 e. The van der Waals surface area contributed by atoms with Crippen molar-refractivity contribution >= 4 is 34.0 Å². The zero-order valence-corrected chi connectivity index (χ0v) is 23.1.